The Bertz CT molecular complexity index is 538. The molecule has 0 amide bonds. The fourth-order valence-electron chi connectivity index (χ4n) is 3.03. The monoisotopic (exact) mass is 274 g/mol. The molecule has 1 fully saturated rings. The molecule has 19 heavy (non-hydrogen) atoms. The van der Waals surface area contributed by atoms with Gasteiger partial charge in [-0.25, -0.2) is 0 Å². The lowest BCUT2D eigenvalue weighted by atomic mass is 9.91. The minimum Gasteiger partial charge on any atom is -0.328 e. The van der Waals surface area contributed by atoms with E-state index in [-0.39, 0.29) is 0 Å². The van der Waals surface area contributed by atoms with E-state index in [2.05, 4.69) is 41.5 Å². The van der Waals surface area contributed by atoms with E-state index in [1.807, 2.05) is 11.3 Å². The number of hydrogen-bond acceptors (Lipinski definition) is 3. The van der Waals surface area contributed by atoms with Crippen LogP contribution in [-0.2, 0) is 6.54 Å². The molecule has 0 saturated carbocycles. The summed E-state index contributed by atoms with van der Waals surface area (Å²) in [5.74, 6) is 0.718. The molecule has 1 aliphatic rings. The third-order valence-corrected chi connectivity index (χ3v) is 5.34. The molecule has 1 atom stereocenters. The molecule has 1 unspecified atom stereocenters. The van der Waals surface area contributed by atoms with Crippen LogP contribution in [0.1, 0.15) is 25.3 Å². The van der Waals surface area contributed by atoms with E-state index in [9.17, 15) is 0 Å². The van der Waals surface area contributed by atoms with Gasteiger partial charge in [-0.3, -0.25) is 4.90 Å². The quantitative estimate of drug-likeness (QED) is 0.928. The highest BCUT2D eigenvalue weighted by Crippen LogP contribution is 2.28. The number of fused-ring (bicyclic) bond motifs is 1. The molecular formula is C16H22N2S. The summed E-state index contributed by atoms with van der Waals surface area (Å²) in [5.41, 5.74) is 7.49. The second-order valence-electron chi connectivity index (χ2n) is 5.73. The Kier molecular flexibility index (Phi) is 3.87. The number of thiophene rings is 1. The molecule has 1 aromatic heterocycles. The van der Waals surface area contributed by atoms with Crippen molar-refractivity contribution in [2.45, 2.75) is 32.4 Å². The smallest absolute Gasteiger partial charge is 0.0346 e. The average molecular weight is 274 g/mol. The van der Waals surface area contributed by atoms with Gasteiger partial charge >= 0.3 is 0 Å². The van der Waals surface area contributed by atoms with Crippen LogP contribution in [0, 0.1) is 5.92 Å². The summed E-state index contributed by atoms with van der Waals surface area (Å²) in [6.07, 6.45) is 2.50. The Labute approximate surface area is 119 Å². The Morgan fingerprint density at radius 1 is 1.32 bits per heavy atom. The maximum atomic E-state index is 6.01. The number of hydrogen-bond donors (Lipinski definition) is 1. The minimum absolute atomic E-state index is 0.351. The van der Waals surface area contributed by atoms with Crippen LogP contribution in [0.25, 0.3) is 10.1 Å². The van der Waals surface area contributed by atoms with E-state index in [1.54, 1.807) is 0 Å². The molecule has 2 nitrogen and oxygen atoms in total. The van der Waals surface area contributed by atoms with Crippen molar-refractivity contribution in [2.24, 2.45) is 11.7 Å². The Balaban J connectivity index is 1.66. The summed E-state index contributed by atoms with van der Waals surface area (Å²) in [4.78, 5) is 2.58. The Morgan fingerprint density at radius 3 is 2.79 bits per heavy atom. The fraction of sp³-hybridized carbons (Fsp3) is 0.500. The molecule has 0 spiro atoms. The molecule has 2 aromatic rings. The van der Waals surface area contributed by atoms with Crippen LogP contribution >= 0.6 is 11.3 Å². The second-order valence-corrected chi connectivity index (χ2v) is 6.64. The predicted molar refractivity (Wildman–Crippen MR) is 83.5 cm³/mol. The van der Waals surface area contributed by atoms with Gasteiger partial charge in [0.2, 0.25) is 0 Å². The van der Waals surface area contributed by atoms with Gasteiger partial charge in [-0.15, -0.1) is 11.3 Å². The van der Waals surface area contributed by atoms with Crippen LogP contribution in [0.3, 0.4) is 0 Å². The molecule has 3 rings (SSSR count). The van der Waals surface area contributed by atoms with E-state index in [0.29, 0.717) is 6.04 Å². The van der Waals surface area contributed by atoms with Crippen molar-refractivity contribution in [2.75, 3.05) is 13.1 Å². The molecule has 2 heterocycles. The van der Waals surface area contributed by atoms with Gasteiger partial charge in [0.05, 0.1) is 0 Å². The largest absolute Gasteiger partial charge is 0.328 e. The lowest BCUT2D eigenvalue weighted by Crippen LogP contribution is -2.39. The van der Waals surface area contributed by atoms with Crippen LogP contribution in [0.15, 0.2) is 29.6 Å². The third kappa shape index (κ3) is 2.83. The van der Waals surface area contributed by atoms with E-state index in [4.69, 9.17) is 5.73 Å². The Hall–Kier alpha value is -0.900. The maximum Gasteiger partial charge on any atom is 0.0346 e. The zero-order valence-electron chi connectivity index (χ0n) is 11.5. The van der Waals surface area contributed by atoms with Gasteiger partial charge in [0, 0.05) is 17.3 Å². The van der Waals surface area contributed by atoms with Gasteiger partial charge in [-0.2, -0.15) is 0 Å². The summed E-state index contributed by atoms with van der Waals surface area (Å²) >= 11 is 1.86. The summed E-state index contributed by atoms with van der Waals surface area (Å²) in [6.45, 7) is 5.62. The molecule has 1 saturated heterocycles. The number of piperidine rings is 1. The van der Waals surface area contributed by atoms with Gasteiger partial charge in [0.15, 0.2) is 0 Å². The van der Waals surface area contributed by atoms with Gasteiger partial charge in [0.1, 0.15) is 0 Å². The molecule has 0 aliphatic carbocycles. The van der Waals surface area contributed by atoms with Crippen molar-refractivity contribution in [1.82, 2.24) is 4.90 Å². The van der Waals surface area contributed by atoms with Gasteiger partial charge in [-0.1, -0.05) is 18.2 Å². The number of benzene rings is 1. The van der Waals surface area contributed by atoms with Crippen molar-refractivity contribution in [1.29, 1.82) is 0 Å². The molecule has 2 N–H and O–H groups in total. The summed E-state index contributed by atoms with van der Waals surface area (Å²) in [7, 11) is 0. The van der Waals surface area contributed by atoms with Crippen molar-refractivity contribution in [3.05, 3.63) is 35.2 Å². The highest BCUT2D eigenvalue weighted by atomic mass is 32.1. The van der Waals surface area contributed by atoms with E-state index < -0.39 is 0 Å². The van der Waals surface area contributed by atoms with Crippen LogP contribution in [0.2, 0.25) is 0 Å². The third-order valence-electron chi connectivity index (χ3n) is 4.33. The number of rotatable bonds is 3. The van der Waals surface area contributed by atoms with Crippen molar-refractivity contribution < 1.29 is 0 Å². The average Bonchev–Trinajstić information content (AvgIpc) is 2.83. The van der Waals surface area contributed by atoms with Gasteiger partial charge in [0.25, 0.3) is 0 Å². The zero-order chi connectivity index (χ0) is 13.2. The van der Waals surface area contributed by atoms with Crippen LogP contribution in [0.4, 0.5) is 0 Å². The first-order valence-corrected chi connectivity index (χ1v) is 8.05. The lowest BCUT2D eigenvalue weighted by molar-refractivity contribution is 0.166. The second kappa shape index (κ2) is 5.61. The normalized spacial score (nSPS) is 19.9. The molecule has 0 bridgehead atoms. The van der Waals surface area contributed by atoms with Crippen LogP contribution < -0.4 is 5.73 Å². The molecule has 3 heteroatoms. The van der Waals surface area contributed by atoms with Gasteiger partial charge < -0.3 is 5.73 Å². The molecular weight excluding hydrogens is 252 g/mol. The summed E-state index contributed by atoms with van der Waals surface area (Å²) in [5, 5.41) is 3.75. The highest BCUT2D eigenvalue weighted by Gasteiger charge is 2.22. The van der Waals surface area contributed by atoms with Crippen molar-refractivity contribution in [3.8, 4) is 0 Å². The van der Waals surface area contributed by atoms with E-state index in [0.717, 1.165) is 12.5 Å². The molecule has 1 aliphatic heterocycles. The molecule has 0 radical (unpaired) electrons. The van der Waals surface area contributed by atoms with E-state index >= 15 is 0 Å². The maximum absolute atomic E-state index is 6.01. The first-order valence-electron chi connectivity index (χ1n) is 7.17. The zero-order valence-corrected chi connectivity index (χ0v) is 12.3. The topological polar surface area (TPSA) is 29.3 Å². The highest BCUT2D eigenvalue weighted by molar-refractivity contribution is 7.17. The SMILES string of the molecule is CC(N)C1CCN(Cc2csc3ccccc23)CC1. The first-order chi connectivity index (χ1) is 9.24. The van der Waals surface area contributed by atoms with Crippen molar-refractivity contribution >= 4 is 21.4 Å². The van der Waals surface area contributed by atoms with Crippen molar-refractivity contribution in [3.63, 3.8) is 0 Å². The Morgan fingerprint density at radius 2 is 2.05 bits per heavy atom. The van der Waals surface area contributed by atoms with E-state index in [1.165, 1.54) is 41.6 Å². The number of nitrogens with zero attached hydrogens (tertiary/aromatic N) is 1. The molecule has 1 aromatic carbocycles. The number of nitrogens with two attached hydrogens (primary N) is 1. The van der Waals surface area contributed by atoms with Crippen LogP contribution in [0.5, 0.6) is 0 Å². The minimum atomic E-state index is 0.351. The fourth-order valence-corrected chi connectivity index (χ4v) is 3.99. The first kappa shape index (κ1) is 13.1. The molecule has 102 valence electrons. The predicted octanol–water partition coefficient (Wildman–Crippen LogP) is 3.46. The standard InChI is InChI=1S/C16H22N2S/c1-12(17)13-6-8-18(9-7-13)10-14-11-19-16-5-3-2-4-15(14)16/h2-5,11-13H,6-10,17H2,1H3. The summed E-state index contributed by atoms with van der Waals surface area (Å²) in [6, 6.07) is 9.07. The van der Waals surface area contributed by atoms with Crippen LogP contribution in [-0.4, -0.2) is 24.0 Å². The van der Waals surface area contributed by atoms with Gasteiger partial charge in [-0.05, 0) is 61.2 Å². The lowest BCUT2D eigenvalue weighted by Gasteiger charge is -2.33. The summed E-state index contributed by atoms with van der Waals surface area (Å²) < 4.78 is 1.41. The number of likely N-dealkylation sites (tertiary alicyclic amines) is 1.